The Balaban J connectivity index is 1.95. The van der Waals surface area contributed by atoms with Crippen LogP contribution in [-0.2, 0) is 6.42 Å². The van der Waals surface area contributed by atoms with Gasteiger partial charge in [-0.3, -0.25) is 0 Å². The van der Waals surface area contributed by atoms with Gasteiger partial charge in [-0.05, 0) is 68.0 Å². The Kier molecular flexibility index (Phi) is 5.72. The Morgan fingerprint density at radius 3 is 2.44 bits per heavy atom. The lowest BCUT2D eigenvalue weighted by Gasteiger charge is -2.04. The van der Waals surface area contributed by atoms with Gasteiger partial charge in [-0.1, -0.05) is 49.1 Å². The second-order valence-corrected chi connectivity index (χ2v) is 8.68. The van der Waals surface area contributed by atoms with E-state index in [1.165, 1.54) is 41.8 Å². The minimum Gasteiger partial charge on any atom is -0.139 e. The highest BCUT2D eigenvalue weighted by Crippen LogP contribution is 2.41. The van der Waals surface area contributed by atoms with E-state index in [0.29, 0.717) is 0 Å². The molecule has 0 saturated carbocycles. The highest BCUT2D eigenvalue weighted by atomic mass is 32.1. The number of hydrogen-bond donors (Lipinski definition) is 0. The van der Waals surface area contributed by atoms with Crippen LogP contribution in [0, 0.1) is 13.8 Å². The van der Waals surface area contributed by atoms with Gasteiger partial charge in [-0.25, -0.2) is 0 Å². The first-order valence-electron chi connectivity index (χ1n) is 8.67. The predicted octanol–water partition coefficient (Wildman–Crippen LogP) is 7.91. The minimum absolute atomic E-state index is 1.12. The zero-order chi connectivity index (χ0) is 17.8. The van der Waals surface area contributed by atoms with Gasteiger partial charge in [0.05, 0.1) is 0 Å². The average Bonchev–Trinajstić information content (AvgIpc) is 3.18. The molecule has 0 aliphatic carbocycles. The van der Waals surface area contributed by atoms with Crippen LogP contribution in [0.2, 0.25) is 0 Å². The van der Waals surface area contributed by atoms with Crippen molar-refractivity contribution in [1.82, 2.24) is 0 Å². The number of allylic oxidation sites excluding steroid dienone is 2. The van der Waals surface area contributed by atoms with Crippen molar-refractivity contribution >= 4 is 28.7 Å². The summed E-state index contributed by atoms with van der Waals surface area (Å²) in [6.45, 7) is 10.5. The number of aryl methyl sites for hydroxylation is 3. The van der Waals surface area contributed by atoms with Crippen LogP contribution in [0.25, 0.3) is 27.0 Å². The van der Waals surface area contributed by atoms with Crippen molar-refractivity contribution < 1.29 is 0 Å². The third-order valence-electron chi connectivity index (χ3n) is 4.47. The molecule has 1 aromatic carbocycles. The van der Waals surface area contributed by atoms with Crippen molar-refractivity contribution in [3.63, 3.8) is 0 Å². The van der Waals surface area contributed by atoms with Crippen LogP contribution in [0.3, 0.4) is 0 Å². The molecular formula is C23H24S2. The van der Waals surface area contributed by atoms with E-state index in [9.17, 15) is 0 Å². The standard InChI is InChI=1S/C23H24S2/c1-5-7-8-12-19-14-22(24-16(19)3)23-15-21(17(4)25-23)20-13-10-9-11-18(20)6-2/h5-7,9-11,13-15H,2,8,12H2,1,3-4H3/b7-5+. The molecule has 25 heavy (non-hydrogen) atoms. The van der Waals surface area contributed by atoms with E-state index in [1.807, 2.05) is 28.7 Å². The molecule has 0 aliphatic rings. The summed E-state index contributed by atoms with van der Waals surface area (Å²) in [5.74, 6) is 0. The molecule has 3 rings (SSSR count). The summed E-state index contributed by atoms with van der Waals surface area (Å²) in [6.07, 6.45) is 8.57. The van der Waals surface area contributed by atoms with E-state index in [1.54, 1.807) is 0 Å². The minimum atomic E-state index is 1.12. The Morgan fingerprint density at radius 1 is 0.960 bits per heavy atom. The first kappa shape index (κ1) is 17.9. The molecule has 0 atom stereocenters. The van der Waals surface area contributed by atoms with Crippen molar-refractivity contribution in [2.24, 2.45) is 0 Å². The SMILES string of the molecule is C=Cc1ccccc1-c1cc(-c2cc(CC/C=C/C)c(C)s2)sc1C. The van der Waals surface area contributed by atoms with Crippen molar-refractivity contribution in [3.05, 3.63) is 76.0 Å². The van der Waals surface area contributed by atoms with Gasteiger partial charge >= 0.3 is 0 Å². The second-order valence-electron chi connectivity index (χ2n) is 6.17. The largest absolute Gasteiger partial charge is 0.139 e. The molecule has 0 spiro atoms. The fourth-order valence-corrected chi connectivity index (χ4v) is 5.26. The van der Waals surface area contributed by atoms with E-state index in [0.717, 1.165) is 12.8 Å². The maximum atomic E-state index is 3.96. The molecule has 0 nitrogen and oxygen atoms in total. The molecule has 2 aromatic heterocycles. The topological polar surface area (TPSA) is 0 Å². The van der Waals surface area contributed by atoms with Crippen LogP contribution >= 0.6 is 22.7 Å². The first-order chi connectivity index (χ1) is 12.1. The zero-order valence-electron chi connectivity index (χ0n) is 15.1. The maximum absolute atomic E-state index is 3.96. The van der Waals surface area contributed by atoms with Crippen molar-refractivity contribution in [2.75, 3.05) is 0 Å². The fraction of sp³-hybridized carbons (Fsp3) is 0.217. The van der Waals surface area contributed by atoms with Gasteiger partial charge in [0.15, 0.2) is 0 Å². The lowest BCUT2D eigenvalue weighted by atomic mass is 10.00. The molecule has 0 aliphatic heterocycles. The van der Waals surface area contributed by atoms with Crippen LogP contribution < -0.4 is 0 Å². The van der Waals surface area contributed by atoms with Crippen molar-refractivity contribution in [2.45, 2.75) is 33.6 Å². The van der Waals surface area contributed by atoms with Crippen LogP contribution in [0.1, 0.15) is 34.2 Å². The molecule has 3 aromatic rings. The van der Waals surface area contributed by atoms with E-state index in [4.69, 9.17) is 0 Å². The van der Waals surface area contributed by atoms with Crippen LogP contribution in [0.5, 0.6) is 0 Å². The Labute approximate surface area is 159 Å². The van der Waals surface area contributed by atoms with Gasteiger partial charge in [-0.2, -0.15) is 0 Å². The molecule has 0 fully saturated rings. The summed E-state index contributed by atoms with van der Waals surface area (Å²) < 4.78 is 0. The Hall–Kier alpha value is -1.90. The summed E-state index contributed by atoms with van der Waals surface area (Å²) in [6, 6.07) is 13.2. The number of benzene rings is 1. The summed E-state index contributed by atoms with van der Waals surface area (Å²) in [5, 5.41) is 0. The zero-order valence-corrected chi connectivity index (χ0v) is 16.8. The predicted molar refractivity (Wildman–Crippen MR) is 116 cm³/mol. The molecule has 0 bridgehead atoms. The molecular weight excluding hydrogens is 340 g/mol. The molecule has 0 radical (unpaired) electrons. The van der Waals surface area contributed by atoms with Gasteiger partial charge in [-0.15, -0.1) is 22.7 Å². The molecule has 0 N–H and O–H groups in total. The summed E-state index contributed by atoms with van der Waals surface area (Å²) in [7, 11) is 0. The van der Waals surface area contributed by atoms with Crippen LogP contribution in [0.4, 0.5) is 0 Å². The monoisotopic (exact) mass is 364 g/mol. The lowest BCUT2D eigenvalue weighted by Crippen LogP contribution is -1.81. The Bertz CT molecular complexity index is 906. The van der Waals surface area contributed by atoms with Crippen molar-refractivity contribution in [1.29, 1.82) is 0 Å². The molecule has 2 heterocycles. The summed E-state index contributed by atoms with van der Waals surface area (Å²) >= 11 is 3.81. The quantitative estimate of drug-likeness (QED) is 0.390. The molecule has 0 saturated heterocycles. The van der Waals surface area contributed by atoms with Crippen molar-refractivity contribution in [3.8, 4) is 20.9 Å². The highest BCUT2D eigenvalue weighted by Gasteiger charge is 2.14. The summed E-state index contributed by atoms with van der Waals surface area (Å²) in [4.78, 5) is 5.57. The fourth-order valence-electron chi connectivity index (χ4n) is 3.09. The third kappa shape index (κ3) is 3.86. The highest BCUT2D eigenvalue weighted by molar-refractivity contribution is 7.22. The third-order valence-corrected chi connectivity index (χ3v) is 6.81. The van der Waals surface area contributed by atoms with E-state index in [-0.39, 0.29) is 0 Å². The van der Waals surface area contributed by atoms with E-state index < -0.39 is 0 Å². The first-order valence-corrected chi connectivity index (χ1v) is 10.3. The second kappa shape index (κ2) is 7.99. The van der Waals surface area contributed by atoms with Gasteiger partial charge < -0.3 is 0 Å². The molecule has 2 heteroatoms. The lowest BCUT2D eigenvalue weighted by molar-refractivity contribution is 0.997. The smallest absolute Gasteiger partial charge is 0.0451 e. The van der Waals surface area contributed by atoms with E-state index in [2.05, 4.69) is 75.9 Å². The van der Waals surface area contributed by atoms with Crippen LogP contribution in [0.15, 0.2) is 55.1 Å². The number of hydrogen-bond acceptors (Lipinski definition) is 2. The van der Waals surface area contributed by atoms with Gasteiger partial charge in [0, 0.05) is 19.5 Å². The molecule has 128 valence electrons. The maximum Gasteiger partial charge on any atom is 0.0451 e. The summed E-state index contributed by atoms with van der Waals surface area (Å²) in [5.41, 5.74) is 5.29. The van der Waals surface area contributed by atoms with E-state index >= 15 is 0 Å². The van der Waals surface area contributed by atoms with Gasteiger partial charge in [0.1, 0.15) is 0 Å². The number of thiophene rings is 2. The van der Waals surface area contributed by atoms with Gasteiger partial charge in [0.25, 0.3) is 0 Å². The van der Waals surface area contributed by atoms with Gasteiger partial charge in [0.2, 0.25) is 0 Å². The molecule has 0 amide bonds. The average molecular weight is 365 g/mol. The Morgan fingerprint density at radius 2 is 1.68 bits per heavy atom. The molecule has 0 unspecified atom stereocenters. The normalized spacial score (nSPS) is 11.3. The number of rotatable bonds is 6. The van der Waals surface area contributed by atoms with Crippen LogP contribution in [-0.4, -0.2) is 0 Å².